The number of amidine groups is 1. The normalized spacial score (nSPS) is 12.9. The minimum absolute atomic E-state index is 0.0118. The van der Waals surface area contributed by atoms with E-state index in [1.54, 1.807) is 0 Å². The van der Waals surface area contributed by atoms with Crippen molar-refractivity contribution in [3.63, 3.8) is 0 Å². The van der Waals surface area contributed by atoms with Crippen molar-refractivity contribution in [2.24, 2.45) is 10.7 Å². The SMILES string of the molecule is NC(CCl)=Nc1c(Cl)cc(SC(F)(F)F)c(Cl)c1Cl. The molecule has 0 heterocycles. The Morgan fingerprint density at radius 1 is 1.26 bits per heavy atom. The van der Waals surface area contributed by atoms with Gasteiger partial charge in [-0.2, -0.15) is 13.2 Å². The van der Waals surface area contributed by atoms with Gasteiger partial charge >= 0.3 is 5.51 Å². The zero-order chi connectivity index (χ0) is 14.8. The molecule has 0 saturated heterocycles. The lowest BCUT2D eigenvalue weighted by molar-refractivity contribution is -0.0328. The molecule has 106 valence electrons. The number of hydrogen-bond donors (Lipinski definition) is 1. The van der Waals surface area contributed by atoms with Crippen molar-refractivity contribution < 1.29 is 13.2 Å². The fraction of sp³-hybridized carbons (Fsp3) is 0.222. The van der Waals surface area contributed by atoms with Crippen LogP contribution in [-0.4, -0.2) is 17.2 Å². The molecule has 2 nitrogen and oxygen atoms in total. The number of nitrogens with zero attached hydrogens (tertiary/aromatic N) is 1. The molecule has 1 aromatic carbocycles. The Labute approximate surface area is 131 Å². The minimum atomic E-state index is -4.50. The molecule has 1 aromatic rings. The van der Waals surface area contributed by atoms with E-state index >= 15 is 0 Å². The van der Waals surface area contributed by atoms with E-state index in [1.165, 1.54) is 0 Å². The molecule has 0 fully saturated rings. The van der Waals surface area contributed by atoms with Crippen molar-refractivity contribution in [2.75, 3.05) is 5.88 Å². The van der Waals surface area contributed by atoms with Crippen molar-refractivity contribution in [2.45, 2.75) is 10.4 Å². The molecule has 0 bridgehead atoms. The van der Waals surface area contributed by atoms with Crippen LogP contribution in [0.5, 0.6) is 0 Å². The molecule has 0 spiro atoms. The van der Waals surface area contributed by atoms with Gasteiger partial charge in [0.05, 0.1) is 20.9 Å². The summed E-state index contributed by atoms with van der Waals surface area (Å²) in [6.07, 6.45) is 0. The van der Waals surface area contributed by atoms with Crippen LogP contribution in [0.2, 0.25) is 15.1 Å². The van der Waals surface area contributed by atoms with Gasteiger partial charge in [-0.05, 0) is 17.8 Å². The van der Waals surface area contributed by atoms with Crippen LogP contribution in [0.3, 0.4) is 0 Å². The van der Waals surface area contributed by atoms with Gasteiger partial charge in [0.2, 0.25) is 0 Å². The number of thioether (sulfide) groups is 1. The molecule has 0 atom stereocenters. The van der Waals surface area contributed by atoms with Gasteiger partial charge in [0.25, 0.3) is 0 Å². The Balaban J connectivity index is 3.31. The van der Waals surface area contributed by atoms with Gasteiger partial charge in [-0.1, -0.05) is 34.8 Å². The zero-order valence-electron chi connectivity index (χ0n) is 8.86. The third-order valence-electron chi connectivity index (χ3n) is 1.72. The number of benzene rings is 1. The fourth-order valence-corrected chi connectivity index (χ4v) is 2.64. The van der Waals surface area contributed by atoms with Crippen molar-refractivity contribution in [3.8, 4) is 0 Å². The van der Waals surface area contributed by atoms with E-state index in [0.29, 0.717) is 0 Å². The first kappa shape index (κ1) is 17.0. The Morgan fingerprint density at radius 3 is 2.32 bits per heavy atom. The largest absolute Gasteiger partial charge is 0.446 e. The summed E-state index contributed by atoms with van der Waals surface area (Å²) in [5.74, 6) is -0.0682. The molecular formula is C9H5Cl4F3N2S. The summed E-state index contributed by atoms with van der Waals surface area (Å²) >= 11 is 22.4. The number of aliphatic imine (C=N–C) groups is 1. The lowest BCUT2D eigenvalue weighted by Crippen LogP contribution is -2.12. The minimum Gasteiger partial charge on any atom is -0.386 e. The van der Waals surface area contributed by atoms with Gasteiger partial charge in [0.1, 0.15) is 11.5 Å². The first-order valence-corrected chi connectivity index (χ1v) is 6.96. The van der Waals surface area contributed by atoms with Crippen LogP contribution in [0.15, 0.2) is 16.0 Å². The molecule has 0 aliphatic carbocycles. The standard InChI is InChI=1S/C9H5Cl4F3N2S/c10-2-5(17)18-8-3(11)1-4(6(12)7(8)13)19-9(14,15)16/h1H,2H2,(H2,17,18). The van der Waals surface area contributed by atoms with Crippen LogP contribution in [-0.2, 0) is 0 Å². The molecule has 0 aromatic heterocycles. The summed E-state index contributed by atoms with van der Waals surface area (Å²) in [5.41, 5.74) is 0.886. The maximum absolute atomic E-state index is 12.3. The Bertz CT molecular complexity index is 519. The summed E-state index contributed by atoms with van der Waals surface area (Å²) in [7, 11) is 0. The molecule has 0 amide bonds. The monoisotopic (exact) mass is 370 g/mol. The third kappa shape index (κ3) is 4.79. The summed E-state index contributed by atoms with van der Waals surface area (Å²) in [4.78, 5) is 3.49. The zero-order valence-corrected chi connectivity index (χ0v) is 12.7. The highest BCUT2D eigenvalue weighted by atomic mass is 35.5. The lowest BCUT2D eigenvalue weighted by Gasteiger charge is -2.11. The van der Waals surface area contributed by atoms with Crippen LogP contribution >= 0.6 is 58.2 Å². The van der Waals surface area contributed by atoms with Gasteiger partial charge in [0, 0.05) is 4.90 Å². The second-order valence-electron chi connectivity index (χ2n) is 3.12. The Kier molecular flexibility index (Phi) is 5.95. The predicted octanol–water partition coefficient (Wildman–Crippen LogP) is 5.49. The molecule has 2 N–H and O–H groups in total. The molecule has 19 heavy (non-hydrogen) atoms. The maximum atomic E-state index is 12.3. The second kappa shape index (κ2) is 6.63. The maximum Gasteiger partial charge on any atom is 0.446 e. The molecule has 0 saturated carbocycles. The van der Waals surface area contributed by atoms with Crippen LogP contribution in [0.1, 0.15) is 0 Å². The van der Waals surface area contributed by atoms with Crippen molar-refractivity contribution in [3.05, 3.63) is 21.1 Å². The van der Waals surface area contributed by atoms with E-state index in [0.717, 1.165) is 6.07 Å². The second-order valence-corrected chi connectivity index (χ2v) is 5.65. The van der Waals surface area contributed by atoms with Crippen LogP contribution in [0.4, 0.5) is 18.9 Å². The fourth-order valence-electron chi connectivity index (χ4n) is 1.04. The number of nitrogens with two attached hydrogens (primary N) is 1. The number of halogens is 7. The quantitative estimate of drug-likeness (QED) is 0.251. The Hall–Kier alpha value is -0.0100. The van der Waals surface area contributed by atoms with Gasteiger partial charge in [-0.3, -0.25) is 0 Å². The van der Waals surface area contributed by atoms with Gasteiger partial charge in [0.15, 0.2) is 0 Å². The molecule has 10 heteroatoms. The highest BCUT2D eigenvalue weighted by Gasteiger charge is 2.31. The van der Waals surface area contributed by atoms with E-state index in [2.05, 4.69) is 4.99 Å². The Morgan fingerprint density at radius 2 is 1.84 bits per heavy atom. The molecular weight excluding hydrogens is 367 g/mol. The van der Waals surface area contributed by atoms with Crippen molar-refractivity contribution in [1.29, 1.82) is 0 Å². The van der Waals surface area contributed by atoms with E-state index < -0.39 is 17.3 Å². The van der Waals surface area contributed by atoms with E-state index in [9.17, 15) is 13.2 Å². The van der Waals surface area contributed by atoms with Crippen LogP contribution in [0, 0.1) is 0 Å². The molecule has 0 radical (unpaired) electrons. The van der Waals surface area contributed by atoms with Crippen LogP contribution < -0.4 is 5.73 Å². The first-order valence-electron chi connectivity index (χ1n) is 4.48. The van der Waals surface area contributed by atoms with E-state index in [1.807, 2.05) is 0 Å². The number of rotatable bonds is 3. The highest BCUT2D eigenvalue weighted by molar-refractivity contribution is 8.00. The predicted molar refractivity (Wildman–Crippen MR) is 75.4 cm³/mol. The summed E-state index contributed by atoms with van der Waals surface area (Å²) in [6.45, 7) is 0. The highest BCUT2D eigenvalue weighted by Crippen LogP contribution is 2.48. The van der Waals surface area contributed by atoms with Gasteiger partial charge in [-0.15, -0.1) is 11.6 Å². The third-order valence-corrected chi connectivity index (χ3v) is 4.02. The summed E-state index contributed by atoms with van der Waals surface area (Å²) in [5, 5.41) is -0.613. The van der Waals surface area contributed by atoms with Crippen molar-refractivity contribution >= 4 is 69.7 Å². The smallest absolute Gasteiger partial charge is 0.386 e. The van der Waals surface area contributed by atoms with E-state index in [4.69, 9.17) is 52.1 Å². The molecule has 1 rings (SSSR count). The lowest BCUT2D eigenvalue weighted by atomic mass is 10.3. The average molecular weight is 372 g/mol. The number of hydrogen-bond acceptors (Lipinski definition) is 2. The van der Waals surface area contributed by atoms with E-state index in [-0.39, 0.29) is 37.4 Å². The number of alkyl halides is 4. The first-order chi connectivity index (χ1) is 8.65. The van der Waals surface area contributed by atoms with Gasteiger partial charge in [-0.25, -0.2) is 4.99 Å². The topological polar surface area (TPSA) is 38.4 Å². The van der Waals surface area contributed by atoms with Crippen molar-refractivity contribution in [1.82, 2.24) is 0 Å². The average Bonchev–Trinajstić information content (AvgIpc) is 2.29. The summed E-state index contributed by atoms with van der Waals surface area (Å²) in [6, 6.07) is 1.02. The molecule has 0 aliphatic rings. The molecule has 0 aliphatic heterocycles. The van der Waals surface area contributed by atoms with Gasteiger partial charge < -0.3 is 5.73 Å². The van der Waals surface area contributed by atoms with Crippen LogP contribution in [0.25, 0.3) is 0 Å². The molecule has 0 unspecified atom stereocenters. The summed E-state index contributed by atoms with van der Waals surface area (Å²) < 4.78 is 36.9.